The van der Waals surface area contributed by atoms with Crippen molar-refractivity contribution >= 4 is 57.0 Å². The first kappa shape index (κ1) is 27.6. The molecule has 8 nitrogen and oxygen atoms in total. The fraction of sp³-hybridized carbons (Fsp3) is 0.455. The molecular weight excluding hydrogens is 657 g/mol. The van der Waals surface area contributed by atoms with Gasteiger partial charge in [0, 0.05) is 58.1 Å². The second kappa shape index (κ2) is 15.3. The third-order valence-corrected chi connectivity index (χ3v) is 5.99. The maximum atomic E-state index is 12.0. The summed E-state index contributed by atoms with van der Waals surface area (Å²) in [4.78, 5) is 33.2. The second-order valence-corrected chi connectivity index (χ2v) is 9.65. The van der Waals surface area contributed by atoms with Crippen LogP contribution in [0.4, 0.5) is 4.39 Å². The lowest BCUT2D eigenvalue weighted by atomic mass is 10.4. The van der Waals surface area contributed by atoms with Crippen LogP contribution in [0.3, 0.4) is 0 Å². The molecule has 2 amide bonds. The van der Waals surface area contributed by atoms with Crippen molar-refractivity contribution in [2.24, 2.45) is 0 Å². The van der Waals surface area contributed by atoms with Gasteiger partial charge in [0.05, 0.1) is 13.2 Å². The van der Waals surface area contributed by atoms with Gasteiger partial charge in [0.1, 0.15) is 6.61 Å². The Hall–Kier alpha value is -1.61. The zero-order chi connectivity index (χ0) is 24.1. The van der Waals surface area contributed by atoms with Crippen molar-refractivity contribution in [3.05, 3.63) is 49.7 Å². The molecule has 4 rings (SSSR count). The fourth-order valence-electron chi connectivity index (χ4n) is 3.07. The van der Waals surface area contributed by atoms with E-state index in [0.29, 0.717) is 38.4 Å². The molecule has 0 aliphatic carbocycles. The minimum Gasteiger partial charge on any atom is -0.476 e. The van der Waals surface area contributed by atoms with Gasteiger partial charge in [-0.05, 0) is 76.2 Å². The number of ether oxygens (including phenoxy) is 1. The first-order valence-electron chi connectivity index (χ1n) is 10.6. The first-order chi connectivity index (χ1) is 15.9. The van der Waals surface area contributed by atoms with E-state index in [0.717, 1.165) is 33.1 Å². The van der Waals surface area contributed by atoms with Crippen LogP contribution in [0.5, 0.6) is 5.88 Å². The van der Waals surface area contributed by atoms with E-state index < -0.39 is 5.95 Å². The number of aromatic nitrogens is 2. The second-order valence-electron chi connectivity index (χ2n) is 7.15. The molecule has 180 valence electrons. The van der Waals surface area contributed by atoms with Crippen LogP contribution in [0, 0.1) is 13.1 Å². The predicted octanol–water partition coefficient (Wildman–Crippen LogP) is 3.11. The van der Waals surface area contributed by atoms with Crippen LogP contribution >= 0.6 is 45.2 Å². The normalized spacial score (nSPS) is 15.0. The minimum absolute atomic E-state index is 0.0890. The summed E-state index contributed by atoms with van der Waals surface area (Å²) < 4.78 is 19.5. The molecule has 1 N–H and O–H groups in total. The van der Waals surface area contributed by atoms with Crippen LogP contribution in [0.2, 0.25) is 0 Å². The van der Waals surface area contributed by atoms with Gasteiger partial charge in [-0.25, -0.2) is 9.97 Å². The van der Waals surface area contributed by atoms with Gasteiger partial charge in [-0.1, -0.05) is 0 Å². The summed E-state index contributed by atoms with van der Waals surface area (Å²) in [5.74, 6) is 0.612. The monoisotopic (exact) mass is 684 g/mol. The summed E-state index contributed by atoms with van der Waals surface area (Å²) in [7, 11) is 0. The van der Waals surface area contributed by atoms with Crippen LogP contribution < -0.4 is 4.74 Å². The molecule has 0 aromatic carbocycles. The van der Waals surface area contributed by atoms with Gasteiger partial charge in [-0.3, -0.25) is 9.59 Å². The molecule has 2 aromatic heterocycles. The van der Waals surface area contributed by atoms with Gasteiger partial charge < -0.3 is 19.6 Å². The number of rotatable bonds is 6. The zero-order valence-electron chi connectivity index (χ0n) is 18.1. The van der Waals surface area contributed by atoms with Crippen LogP contribution in [0.25, 0.3) is 0 Å². The zero-order valence-corrected chi connectivity index (χ0v) is 22.4. The molecule has 0 saturated carbocycles. The Morgan fingerprint density at radius 2 is 1.48 bits per heavy atom. The maximum Gasteiger partial charge on any atom is 0.222 e. The molecule has 2 saturated heterocycles. The Balaban J connectivity index is 0.000000192. The van der Waals surface area contributed by atoms with E-state index in [1.807, 2.05) is 17.0 Å². The van der Waals surface area contributed by atoms with Crippen molar-refractivity contribution in [1.29, 1.82) is 0 Å². The Bertz CT molecular complexity index is 851. The topological polar surface area (TPSA) is 95.9 Å². The fourth-order valence-corrected chi connectivity index (χ4v) is 3.71. The number of aliphatic hydroxyl groups excluding tert-OH is 1. The average molecular weight is 684 g/mol. The number of likely N-dealkylation sites (tertiary alicyclic amines) is 2. The molecule has 2 aliphatic rings. The van der Waals surface area contributed by atoms with Gasteiger partial charge in [-0.2, -0.15) is 4.39 Å². The van der Waals surface area contributed by atoms with E-state index in [1.54, 1.807) is 17.2 Å². The molecule has 2 aliphatic heterocycles. The number of hydrogen-bond acceptors (Lipinski definition) is 6. The number of carbonyl (C=O) groups excluding carboxylic acids is 2. The molecule has 0 unspecified atom stereocenters. The standard InChI is InChI=1S/C11H13IN2O2.C6H11NO2.C5H3FIN/c12-9-3-4-10(13-8-9)16-7-6-14-5-1-2-11(14)15;8-5-4-7-3-1-2-6(7)9;6-5-2-1-4(7)3-8-5/h3-4,8H,1-2,5-7H2;8H,1-5H2;1-3H. The van der Waals surface area contributed by atoms with E-state index in [4.69, 9.17) is 9.84 Å². The molecule has 4 heterocycles. The number of carbonyl (C=O) groups is 2. The number of β-amino-alcohol motifs (C(OH)–C–C–N with tert-alkyl or cyclic N) is 1. The molecule has 0 bridgehead atoms. The van der Waals surface area contributed by atoms with Crippen LogP contribution in [0.1, 0.15) is 25.7 Å². The Labute approximate surface area is 220 Å². The van der Waals surface area contributed by atoms with Crippen molar-refractivity contribution in [2.45, 2.75) is 25.7 Å². The Morgan fingerprint density at radius 1 is 0.909 bits per heavy atom. The van der Waals surface area contributed by atoms with Crippen LogP contribution in [-0.2, 0) is 9.59 Å². The molecule has 0 spiro atoms. The van der Waals surface area contributed by atoms with Crippen LogP contribution in [0.15, 0.2) is 36.7 Å². The van der Waals surface area contributed by atoms with E-state index in [-0.39, 0.29) is 18.4 Å². The number of pyridine rings is 2. The van der Waals surface area contributed by atoms with Crippen molar-refractivity contribution in [1.82, 2.24) is 19.8 Å². The summed E-state index contributed by atoms with van der Waals surface area (Å²) in [6, 6.07) is 6.79. The average Bonchev–Trinajstić information content (AvgIpc) is 3.41. The highest BCUT2D eigenvalue weighted by atomic mass is 127. The summed E-state index contributed by atoms with van der Waals surface area (Å²) >= 11 is 4.26. The highest BCUT2D eigenvalue weighted by molar-refractivity contribution is 14.1. The number of amides is 2. The smallest absolute Gasteiger partial charge is 0.222 e. The van der Waals surface area contributed by atoms with E-state index in [1.165, 1.54) is 12.3 Å². The summed E-state index contributed by atoms with van der Waals surface area (Å²) in [5, 5.41) is 8.45. The summed E-state index contributed by atoms with van der Waals surface area (Å²) in [6.07, 6.45) is 6.52. The largest absolute Gasteiger partial charge is 0.476 e. The van der Waals surface area contributed by atoms with Gasteiger partial charge in [-0.15, -0.1) is 0 Å². The lowest BCUT2D eigenvalue weighted by Gasteiger charge is -2.15. The molecule has 2 aromatic rings. The maximum absolute atomic E-state index is 12.0. The third kappa shape index (κ3) is 10.9. The highest BCUT2D eigenvalue weighted by Gasteiger charge is 2.19. The molecule has 0 atom stereocenters. The SMILES string of the molecule is Fc1ccc(I)cn1.O=C1CCCN1CCO.O=C1CCCN1CCOc1ccc(I)cn1. The highest BCUT2D eigenvalue weighted by Crippen LogP contribution is 2.11. The number of hydrogen-bond donors (Lipinski definition) is 1. The number of aliphatic hydroxyl groups is 1. The number of halogens is 3. The van der Waals surface area contributed by atoms with E-state index in [2.05, 4.69) is 55.1 Å². The van der Waals surface area contributed by atoms with Crippen molar-refractivity contribution in [3.63, 3.8) is 0 Å². The van der Waals surface area contributed by atoms with Gasteiger partial charge in [0.2, 0.25) is 23.6 Å². The van der Waals surface area contributed by atoms with Gasteiger partial charge in [0.15, 0.2) is 0 Å². The van der Waals surface area contributed by atoms with Crippen molar-refractivity contribution < 1.29 is 23.8 Å². The first-order valence-corrected chi connectivity index (χ1v) is 12.7. The third-order valence-electron chi connectivity index (χ3n) is 4.72. The van der Waals surface area contributed by atoms with E-state index >= 15 is 0 Å². The quantitative estimate of drug-likeness (QED) is 0.372. The molecule has 0 radical (unpaired) electrons. The van der Waals surface area contributed by atoms with Crippen molar-refractivity contribution in [2.75, 3.05) is 39.4 Å². The Kier molecular flexibility index (Phi) is 12.8. The van der Waals surface area contributed by atoms with Gasteiger partial charge in [0.25, 0.3) is 0 Å². The van der Waals surface area contributed by atoms with Crippen molar-refractivity contribution in [3.8, 4) is 5.88 Å². The summed E-state index contributed by atoms with van der Waals surface area (Å²) in [5.41, 5.74) is 0. The predicted molar refractivity (Wildman–Crippen MR) is 138 cm³/mol. The molecule has 33 heavy (non-hydrogen) atoms. The molecule has 11 heteroatoms. The minimum atomic E-state index is -0.426. The van der Waals surface area contributed by atoms with Gasteiger partial charge >= 0.3 is 0 Å². The number of nitrogens with zero attached hydrogens (tertiary/aromatic N) is 4. The molecular formula is C22H27FI2N4O4. The van der Waals surface area contributed by atoms with Crippen LogP contribution in [-0.4, -0.2) is 76.1 Å². The molecule has 2 fully saturated rings. The summed E-state index contributed by atoms with van der Waals surface area (Å²) in [6.45, 7) is 3.47. The van der Waals surface area contributed by atoms with E-state index in [9.17, 15) is 14.0 Å². The lowest BCUT2D eigenvalue weighted by molar-refractivity contribution is -0.128. The lowest BCUT2D eigenvalue weighted by Crippen LogP contribution is -2.29. The Morgan fingerprint density at radius 3 is 1.91 bits per heavy atom.